The predicted octanol–water partition coefficient (Wildman–Crippen LogP) is 2.71. The van der Waals surface area contributed by atoms with Crippen molar-refractivity contribution < 1.29 is 18.3 Å². The number of nitrogens with two attached hydrogens (primary N) is 1. The predicted molar refractivity (Wildman–Crippen MR) is 62.4 cm³/mol. The highest BCUT2D eigenvalue weighted by Gasteiger charge is 2.48. The van der Waals surface area contributed by atoms with Crippen LogP contribution >= 0.6 is 11.6 Å². The van der Waals surface area contributed by atoms with Crippen molar-refractivity contribution in [3.05, 3.63) is 34.3 Å². The number of hydrogen-bond donors (Lipinski definition) is 2. The SMILES string of the molecule is NCC1(c2ccc(Cl)cc2C(F)(F)F)CC(O)C1. The fourth-order valence-corrected chi connectivity index (χ4v) is 2.72. The van der Waals surface area contributed by atoms with Gasteiger partial charge in [-0.3, -0.25) is 0 Å². The minimum Gasteiger partial charge on any atom is -0.393 e. The summed E-state index contributed by atoms with van der Waals surface area (Å²) in [4.78, 5) is 0. The third kappa shape index (κ3) is 2.22. The monoisotopic (exact) mass is 279 g/mol. The van der Waals surface area contributed by atoms with Crippen LogP contribution in [0.1, 0.15) is 24.0 Å². The molecular weight excluding hydrogens is 267 g/mol. The number of halogens is 4. The molecule has 1 aromatic rings. The summed E-state index contributed by atoms with van der Waals surface area (Å²) in [5.74, 6) is 0. The molecule has 0 atom stereocenters. The molecule has 1 fully saturated rings. The van der Waals surface area contributed by atoms with E-state index in [1.165, 1.54) is 12.1 Å². The number of benzene rings is 1. The summed E-state index contributed by atoms with van der Waals surface area (Å²) in [6, 6.07) is 3.71. The van der Waals surface area contributed by atoms with Crippen LogP contribution in [-0.2, 0) is 11.6 Å². The molecule has 18 heavy (non-hydrogen) atoms. The van der Waals surface area contributed by atoms with Gasteiger partial charge in [0.15, 0.2) is 0 Å². The second kappa shape index (κ2) is 4.40. The molecule has 0 unspecified atom stereocenters. The molecule has 100 valence electrons. The molecule has 0 saturated heterocycles. The molecule has 1 saturated carbocycles. The van der Waals surface area contributed by atoms with Crippen molar-refractivity contribution in [1.82, 2.24) is 0 Å². The van der Waals surface area contributed by atoms with Gasteiger partial charge in [0.05, 0.1) is 11.7 Å². The lowest BCUT2D eigenvalue weighted by Gasteiger charge is -2.46. The van der Waals surface area contributed by atoms with Gasteiger partial charge in [0.2, 0.25) is 0 Å². The summed E-state index contributed by atoms with van der Waals surface area (Å²) in [5, 5.41) is 9.40. The lowest BCUT2D eigenvalue weighted by atomic mass is 9.61. The van der Waals surface area contributed by atoms with E-state index in [-0.39, 0.29) is 30.0 Å². The molecule has 0 spiro atoms. The first kappa shape index (κ1) is 13.6. The van der Waals surface area contributed by atoms with Crippen molar-refractivity contribution in [2.24, 2.45) is 5.73 Å². The summed E-state index contributed by atoms with van der Waals surface area (Å²) < 4.78 is 39.0. The first-order chi connectivity index (χ1) is 8.28. The van der Waals surface area contributed by atoms with Crippen LogP contribution in [-0.4, -0.2) is 17.8 Å². The van der Waals surface area contributed by atoms with E-state index in [0.29, 0.717) is 0 Å². The van der Waals surface area contributed by atoms with Crippen LogP contribution in [0.4, 0.5) is 13.2 Å². The maximum absolute atomic E-state index is 13.0. The van der Waals surface area contributed by atoms with Crippen molar-refractivity contribution >= 4 is 11.6 Å². The quantitative estimate of drug-likeness (QED) is 0.874. The Labute approximate surface area is 108 Å². The Morgan fingerprint density at radius 1 is 1.39 bits per heavy atom. The molecule has 1 aliphatic carbocycles. The maximum atomic E-state index is 13.0. The fraction of sp³-hybridized carbons (Fsp3) is 0.500. The average Bonchev–Trinajstić information content (AvgIpc) is 2.23. The molecule has 1 aromatic carbocycles. The van der Waals surface area contributed by atoms with Gasteiger partial charge in [0.1, 0.15) is 0 Å². The number of rotatable bonds is 2. The van der Waals surface area contributed by atoms with Gasteiger partial charge >= 0.3 is 6.18 Å². The van der Waals surface area contributed by atoms with Gasteiger partial charge in [0, 0.05) is 17.0 Å². The summed E-state index contributed by atoms with van der Waals surface area (Å²) in [6.07, 6.45) is -4.53. The first-order valence-corrected chi connectivity index (χ1v) is 5.92. The van der Waals surface area contributed by atoms with E-state index in [4.69, 9.17) is 17.3 Å². The summed E-state index contributed by atoms with van der Waals surface area (Å²) in [6.45, 7) is 0.0781. The Kier molecular flexibility index (Phi) is 3.34. The lowest BCUT2D eigenvalue weighted by molar-refractivity contribution is -0.139. The zero-order chi connectivity index (χ0) is 13.6. The molecule has 0 aromatic heterocycles. The molecular formula is C12H13ClF3NO. The smallest absolute Gasteiger partial charge is 0.393 e. The summed E-state index contributed by atoms with van der Waals surface area (Å²) in [5.41, 5.74) is 4.19. The Balaban J connectivity index is 2.51. The van der Waals surface area contributed by atoms with E-state index in [2.05, 4.69) is 0 Å². The van der Waals surface area contributed by atoms with Crippen LogP contribution in [0.15, 0.2) is 18.2 Å². The third-order valence-corrected chi connectivity index (χ3v) is 3.74. The van der Waals surface area contributed by atoms with Crippen LogP contribution in [0, 0.1) is 0 Å². The van der Waals surface area contributed by atoms with Gasteiger partial charge in [-0.05, 0) is 30.5 Å². The molecule has 6 heteroatoms. The highest BCUT2D eigenvalue weighted by Crippen LogP contribution is 2.48. The van der Waals surface area contributed by atoms with Crippen molar-refractivity contribution in [3.8, 4) is 0 Å². The highest BCUT2D eigenvalue weighted by atomic mass is 35.5. The van der Waals surface area contributed by atoms with Crippen LogP contribution in [0.3, 0.4) is 0 Å². The van der Waals surface area contributed by atoms with E-state index in [0.717, 1.165) is 6.07 Å². The van der Waals surface area contributed by atoms with Crippen LogP contribution < -0.4 is 5.73 Å². The van der Waals surface area contributed by atoms with Gasteiger partial charge in [-0.25, -0.2) is 0 Å². The van der Waals surface area contributed by atoms with Crippen molar-refractivity contribution in [2.75, 3.05) is 6.54 Å². The molecule has 0 bridgehead atoms. The van der Waals surface area contributed by atoms with E-state index in [1.54, 1.807) is 0 Å². The van der Waals surface area contributed by atoms with E-state index < -0.39 is 23.3 Å². The van der Waals surface area contributed by atoms with E-state index in [9.17, 15) is 18.3 Å². The van der Waals surface area contributed by atoms with Gasteiger partial charge in [-0.1, -0.05) is 17.7 Å². The normalized spacial score (nSPS) is 28.0. The number of hydrogen-bond acceptors (Lipinski definition) is 2. The maximum Gasteiger partial charge on any atom is 0.416 e. The Morgan fingerprint density at radius 2 is 2.00 bits per heavy atom. The molecule has 1 aliphatic rings. The van der Waals surface area contributed by atoms with E-state index in [1.807, 2.05) is 0 Å². The zero-order valence-electron chi connectivity index (χ0n) is 9.47. The van der Waals surface area contributed by atoms with Crippen LogP contribution in [0.25, 0.3) is 0 Å². The lowest BCUT2D eigenvalue weighted by Crippen LogP contribution is -2.50. The molecule has 0 aliphatic heterocycles. The number of aliphatic hydroxyl groups excluding tert-OH is 1. The molecule has 3 N–H and O–H groups in total. The summed E-state index contributed by atoms with van der Waals surface area (Å²) in [7, 11) is 0. The minimum atomic E-state index is -4.47. The van der Waals surface area contributed by atoms with Gasteiger partial charge in [0.25, 0.3) is 0 Å². The van der Waals surface area contributed by atoms with Gasteiger partial charge < -0.3 is 10.8 Å². The highest BCUT2D eigenvalue weighted by molar-refractivity contribution is 6.30. The van der Waals surface area contributed by atoms with Crippen molar-refractivity contribution in [2.45, 2.75) is 30.5 Å². The van der Waals surface area contributed by atoms with Gasteiger partial charge in [-0.2, -0.15) is 13.2 Å². The van der Waals surface area contributed by atoms with Crippen molar-refractivity contribution in [1.29, 1.82) is 0 Å². The van der Waals surface area contributed by atoms with Crippen LogP contribution in [0.5, 0.6) is 0 Å². The fourth-order valence-electron chi connectivity index (χ4n) is 2.55. The Bertz CT molecular complexity index is 455. The number of alkyl halides is 3. The van der Waals surface area contributed by atoms with Gasteiger partial charge in [-0.15, -0.1) is 0 Å². The second-order valence-corrected chi connectivity index (χ2v) is 5.17. The summed E-state index contributed by atoms with van der Waals surface area (Å²) >= 11 is 5.63. The molecule has 2 nitrogen and oxygen atoms in total. The zero-order valence-corrected chi connectivity index (χ0v) is 10.2. The topological polar surface area (TPSA) is 46.2 Å². The minimum absolute atomic E-state index is 0.0399. The Morgan fingerprint density at radius 3 is 2.44 bits per heavy atom. The molecule has 0 radical (unpaired) electrons. The third-order valence-electron chi connectivity index (χ3n) is 3.50. The largest absolute Gasteiger partial charge is 0.416 e. The molecule has 2 rings (SSSR count). The molecule has 0 amide bonds. The average molecular weight is 280 g/mol. The van der Waals surface area contributed by atoms with E-state index >= 15 is 0 Å². The molecule has 0 heterocycles. The first-order valence-electron chi connectivity index (χ1n) is 5.54. The second-order valence-electron chi connectivity index (χ2n) is 4.73. The van der Waals surface area contributed by atoms with Crippen molar-refractivity contribution in [3.63, 3.8) is 0 Å². The Hall–Kier alpha value is -0.780. The standard InChI is InChI=1S/C12H13ClF3NO/c13-7-1-2-9(10(3-7)12(14,15)16)11(6-17)4-8(18)5-11/h1-3,8,18H,4-6,17H2. The number of aliphatic hydroxyl groups is 1. The van der Waals surface area contributed by atoms with Crippen LogP contribution in [0.2, 0.25) is 5.02 Å².